The van der Waals surface area contributed by atoms with Crippen molar-refractivity contribution >= 4 is 11.9 Å². The summed E-state index contributed by atoms with van der Waals surface area (Å²) >= 11 is 0. The second-order valence-corrected chi connectivity index (χ2v) is 13.4. The molecule has 44 heavy (non-hydrogen) atoms. The number of aliphatic hydroxyl groups is 1. The SMILES string of the molecule is CCCCCCCCCCCCCCCCCC(=O)OOC(=O)C(CCCCCCCCCCCCCCCC)C(O)CN. The van der Waals surface area contributed by atoms with Crippen LogP contribution in [-0.2, 0) is 19.4 Å². The smallest absolute Gasteiger partial charge is 0.361 e. The van der Waals surface area contributed by atoms with Crippen molar-refractivity contribution in [3.05, 3.63) is 0 Å². The molecule has 262 valence electrons. The quantitative estimate of drug-likeness (QED) is 0.0419. The third-order valence-corrected chi connectivity index (χ3v) is 9.08. The summed E-state index contributed by atoms with van der Waals surface area (Å²) in [5, 5.41) is 10.2. The normalized spacial score (nSPS) is 12.7. The highest BCUT2D eigenvalue weighted by molar-refractivity contribution is 5.75. The first-order chi connectivity index (χ1) is 21.6. The molecular formula is C38H75NO5. The number of aliphatic hydroxyl groups excluding tert-OH is 1. The summed E-state index contributed by atoms with van der Waals surface area (Å²) in [5.74, 6) is -1.97. The maximum atomic E-state index is 12.5. The van der Waals surface area contributed by atoms with Crippen molar-refractivity contribution in [2.24, 2.45) is 11.7 Å². The van der Waals surface area contributed by atoms with E-state index in [-0.39, 0.29) is 13.0 Å². The number of carbonyl (C=O) groups is 2. The fourth-order valence-electron chi connectivity index (χ4n) is 6.02. The van der Waals surface area contributed by atoms with Crippen molar-refractivity contribution in [1.82, 2.24) is 0 Å². The number of carbonyl (C=O) groups excluding carboxylic acids is 2. The van der Waals surface area contributed by atoms with Gasteiger partial charge >= 0.3 is 11.9 Å². The Morgan fingerprint density at radius 2 is 0.818 bits per heavy atom. The van der Waals surface area contributed by atoms with E-state index in [0.717, 1.165) is 38.5 Å². The van der Waals surface area contributed by atoms with Crippen LogP contribution in [0.3, 0.4) is 0 Å². The monoisotopic (exact) mass is 626 g/mol. The Balaban J connectivity index is 3.73. The lowest BCUT2D eigenvalue weighted by Crippen LogP contribution is -2.35. The lowest BCUT2D eigenvalue weighted by molar-refractivity contribution is -0.264. The zero-order valence-corrected chi connectivity index (χ0v) is 29.4. The molecule has 0 radical (unpaired) electrons. The molecule has 2 unspecified atom stereocenters. The fraction of sp³-hybridized carbons (Fsp3) is 0.947. The molecule has 0 aliphatic rings. The Bertz CT molecular complexity index is 614. The molecular weight excluding hydrogens is 550 g/mol. The van der Waals surface area contributed by atoms with E-state index < -0.39 is 24.0 Å². The zero-order chi connectivity index (χ0) is 32.4. The molecule has 0 aromatic heterocycles. The Morgan fingerprint density at radius 1 is 0.500 bits per heavy atom. The second-order valence-electron chi connectivity index (χ2n) is 13.4. The maximum Gasteiger partial charge on any atom is 0.361 e. The van der Waals surface area contributed by atoms with Gasteiger partial charge < -0.3 is 10.8 Å². The van der Waals surface area contributed by atoms with Crippen LogP contribution < -0.4 is 5.73 Å². The van der Waals surface area contributed by atoms with Crippen LogP contribution in [0.2, 0.25) is 0 Å². The van der Waals surface area contributed by atoms with Gasteiger partial charge in [0.05, 0.1) is 18.4 Å². The third kappa shape index (κ3) is 29.6. The number of rotatable bonds is 34. The highest BCUT2D eigenvalue weighted by Gasteiger charge is 2.29. The van der Waals surface area contributed by atoms with Gasteiger partial charge in [-0.15, -0.1) is 0 Å². The molecule has 0 rings (SSSR count). The summed E-state index contributed by atoms with van der Waals surface area (Å²) in [6.07, 6.45) is 36.4. The van der Waals surface area contributed by atoms with Crippen molar-refractivity contribution in [1.29, 1.82) is 0 Å². The van der Waals surface area contributed by atoms with Crippen LogP contribution in [0, 0.1) is 5.92 Å². The summed E-state index contributed by atoms with van der Waals surface area (Å²) in [4.78, 5) is 34.2. The Morgan fingerprint density at radius 3 is 1.16 bits per heavy atom. The molecule has 0 heterocycles. The van der Waals surface area contributed by atoms with Gasteiger partial charge in [0, 0.05) is 6.54 Å². The molecule has 6 nitrogen and oxygen atoms in total. The standard InChI is InChI=1S/C38H75NO5/c1-3-5-7-9-11-13-15-17-19-21-23-25-27-29-31-33-37(41)43-44-38(42)35(36(40)34-39)32-30-28-26-24-22-20-18-16-14-12-10-8-6-4-2/h35-36,40H,3-34,39H2,1-2H3. The summed E-state index contributed by atoms with van der Waals surface area (Å²) in [5.41, 5.74) is 5.62. The van der Waals surface area contributed by atoms with E-state index in [2.05, 4.69) is 13.8 Å². The summed E-state index contributed by atoms with van der Waals surface area (Å²) in [7, 11) is 0. The largest absolute Gasteiger partial charge is 0.391 e. The first-order valence-corrected chi connectivity index (χ1v) is 19.4. The molecule has 0 spiro atoms. The lowest BCUT2D eigenvalue weighted by atomic mass is 9.95. The van der Waals surface area contributed by atoms with E-state index in [4.69, 9.17) is 15.5 Å². The molecule has 3 N–H and O–H groups in total. The van der Waals surface area contributed by atoms with Gasteiger partial charge in [-0.2, -0.15) is 0 Å². The Kier molecular flexibility index (Phi) is 33.8. The molecule has 0 aromatic carbocycles. The van der Waals surface area contributed by atoms with E-state index in [9.17, 15) is 14.7 Å². The summed E-state index contributed by atoms with van der Waals surface area (Å²) in [6, 6.07) is 0. The van der Waals surface area contributed by atoms with Crippen molar-refractivity contribution in [3.8, 4) is 0 Å². The molecule has 0 amide bonds. The van der Waals surface area contributed by atoms with Crippen LogP contribution in [0.25, 0.3) is 0 Å². The van der Waals surface area contributed by atoms with Gasteiger partial charge in [0.2, 0.25) is 0 Å². The van der Waals surface area contributed by atoms with E-state index in [1.54, 1.807) is 0 Å². The first-order valence-electron chi connectivity index (χ1n) is 19.4. The van der Waals surface area contributed by atoms with Crippen LogP contribution >= 0.6 is 0 Å². The molecule has 0 bridgehead atoms. The fourth-order valence-corrected chi connectivity index (χ4v) is 6.02. The van der Waals surface area contributed by atoms with Crippen LogP contribution in [0.4, 0.5) is 0 Å². The minimum Gasteiger partial charge on any atom is -0.391 e. The van der Waals surface area contributed by atoms with Gasteiger partial charge in [0.15, 0.2) is 0 Å². The first kappa shape index (κ1) is 42.9. The van der Waals surface area contributed by atoms with Gasteiger partial charge in [-0.25, -0.2) is 19.4 Å². The predicted octanol–water partition coefficient (Wildman–Crippen LogP) is 11.1. The lowest BCUT2D eigenvalue weighted by Gasteiger charge is -2.19. The van der Waals surface area contributed by atoms with Crippen molar-refractivity contribution < 1.29 is 24.5 Å². The highest BCUT2D eigenvalue weighted by Crippen LogP contribution is 2.19. The average molecular weight is 626 g/mol. The van der Waals surface area contributed by atoms with E-state index in [1.165, 1.54) is 148 Å². The van der Waals surface area contributed by atoms with Gasteiger partial charge in [-0.05, 0) is 12.8 Å². The minimum absolute atomic E-state index is 0.0224. The molecule has 0 saturated heterocycles. The van der Waals surface area contributed by atoms with E-state index >= 15 is 0 Å². The molecule has 6 heteroatoms. The van der Waals surface area contributed by atoms with Crippen LogP contribution in [-0.4, -0.2) is 29.7 Å². The molecule has 0 fully saturated rings. The molecule has 2 atom stereocenters. The van der Waals surface area contributed by atoms with Crippen molar-refractivity contribution in [2.75, 3.05) is 6.54 Å². The van der Waals surface area contributed by atoms with Gasteiger partial charge in [-0.3, -0.25) is 0 Å². The van der Waals surface area contributed by atoms with Crippen molar-refractivity contribution in [3.63, 3.8) is 0 Å². The average Bonchev–Trinajstić information content (AvgIpc) is 3.03. The van der Waals surface area contributed by atoms with Gasteiger partial charge in [0.25, 0.3) is 0 Å². The number of nitrogens with two attached hydrogens (primary N) is 1. The molecule has 0 aliphatic carbocycles. The van der Waals surface area contributed by atoms with Gasteiger partial charge in [0.1, 0.15) is 0 Å². The number of hydrogen-bond acceptors (Lipinski definition) is 6. The second kappa shape index (κ2) is 34.7. The highest BCUT2D eigenvalue weighted by atomic mass is 17.2. The van der Waals surface area contributed by atoms with Gasteiger partial charge in [-0.1, -0.05) is 194 Å². The van der Waals surface area contributed by atoms with Crippen LogP contribution in [0.1, 0.15) is 213 Å². The topological polar surface area (TPSA) is 98.8 Å². The molecule has 0 aliphatic heterocycles. The maximum absolute atomic E-state index is 12.5. The van der Waals surface area contributed by atoms with E-state index in [0.29, 0.717) is 6.42 Å². The van der Waals surface area contributed by atoms with E-state index in [1.807, 2.05) is 0 Å². The number of unbranched alkanes of at least 4 members (excludes halogenated alkanes) is 27. The summed E-state index contributed by atoms with van der Waals surface area (Å²) < 4.78 is 0. The Hall–Kier alpha value is -1.14. The molecule has 0 saturated carbocycles. The third-order valence-electron chi connectivity index (χ3n) is 9.08. The zero-order valence-electron chi connectivity index (χ0n) is 29.4. The summed E-state index contributed by atoms with van der Waals surface area (Å²) in [6.45, 7) is 4.50. The number of hydrogen-bond donors (Lipinski definition) is 2. The predicted molar refractivity (Wildman–Crippen MR) is 185 cm³/mol. The van der Waals surface area contributed by atoms with Crippen LogP contribution in [0.5, 0.6) is 0 Å². The Labute approximate surface area is 273 Å². The minimum atomic E-state index is -0.987. The van der Waals surface area contributed by atoms with Crippen LogP contribution in [0.15, 0.2) is 0 Å². The molecule has 0 aromatic rings. The van der Waals surface area contributed by atoms with Crippen molar-refractivity contribution in [2.45, 2.75) is 219 Å².